The molecule has 3 aromatic rings. The van der Waals surface area contributed by atoms with E-state index in [0.717, 1.165) is 29.9 Å². The van der Waals surface area contributed by atoms with Crippen LogP contribution >= 0.6 is 0 Å². The van der Waals surface area contributed by atoms with Gasteiger partial charge in [0, 0.05) is 13.1 Å². The summed E-state index contributed by atoms with van der Waals surface area (Å²) >= 11 is 0. The second-order valence-corrected chi connectivity index (χ2v) is 7.94. The first-order chi connectivity index (χ1) is 14.8. The van der Waals surface area contributed by atoms with E-state index in [0.29, 0.717) is 24.7 Å². The van der Waals surface area contributed by atoms with Crippen molar-refractivity contribution >= 4 is 0 Å². The predicted molar refractivity (Wildman–Crippen MR) is 121 cm³/mol. The average molecular weight is 424 g/mol. The standard InChI is InChI=1S/C25H30FN3O2/c1-5-16-28(18-25(4,30)6-2)17-23-19(3)27-29(21-10-8-7-9-11-21)24(23)31-22-14-12-20(26)13-15-22/h6-15,30H,2,5,16-18H2,1,3-4H3. The molecule has 0 spiro atoms. The Morgan fingerprint density at radius 3 is 2.48 bits per heavy atom. The molecule has 1 aromatic heterocycles. The molecular formula is C25H30FN3O2. The number of benzene rings is 2. The van der Waals surface area contributed by atoms with Crippen LogP contribution in [0.1, 0.15) is 31.5 Å². The highest BCUT2D eigenvalue weighted by Crippen LogP contribution is 2.32. The first-order valence-corrected chi connectivity index (χ1v) is 10.5. The molecule has 1 N–H and O–H groups in total. The maximum absolute atomic E-state index is 13.4. The number of halogens is 1. The molecule has 1 atom stereocenters. The molecule has 0 saturated carbocycles. The molecule has 5 nitrogen and oxygen atoms in total. The average Bonchev–Trinajstić information content (AvgIpc) is 3.05. The Kier molecular flexibility index (Phi) is 7.25. The number of ether oxygens (including phenoxy) is 1. The van der Waals surface area contributed by atoms with Gasteiger partial charge < -0.3 is 9.84 Å². The highest BCUT2D eigenvalue weighted by atomic mass is 19.1. The highest BCUT2D eigenvalue weighted by molar-refractivity contribution is 5.43. The zero-order valence-electron chi connectivity index (χ0n) is 18.4. The lowest BCUT2D eigenvalue weighted by Gasteiger charge is -2.29. The van der Waals surface area contributed by atoms with Crippen molar-refractivity contribution in [3.05, 3.63) is 84.3 Å². The van der Waals surface area contributed by atoms with Crippen LogP contribution in [0, 0.1) is 12.7 Å². The van der Waals surface area contributed by atoms with E-state index < -0.39 is 5.60 Å². The number of hydrogen-bond donors (Lipinski definition) is 1. The quantitative estimate of drug-likeness (QED) is 0.452. The number of aliphatic hydroxyl groups is 1. The molecule has 0 fully saturated rings. The molecule has 0 aliphatic heterocycles. The second-order valence-electron chi connectivity index (χ2n) is 7.94. The van der Waals surface area contributed by atoms with E-state index in [-0.39, 0.29) is 5.82 Å². The van der Waals surface area contributed by atoms with Gasteiger partial charge in [-0.3, -0.25) is 4.90 Å². The van der Waals surface area contributed by atoms with Gasteiger partial charge in [0.1, 0.15) is 11.6 Å². The molecule has 6 heteroatoms. The van der Waals surface area contributed by atoms with Crippen molar-refractivity contribution in [1.29, 1.82) is 0 Å². The lowest BCUT2D eigenvalue weighted by molar-refractivity contribution is 0.0584. The Labute approximate surface area is 183 Å². The lowest BCUT2D eigenvalue weighted by atomic mass is 10.1. The first kappa shape index (κ1) is 22.7. The molecule has 1 unspecified atom stereocenters. The molecule has 1 heterocycles. The molecule has 0 bridgehead atoms. The summed E-state index contributed by atoms with van der Waals surface area (Å²) in [6, 6.07) is 15.7. The summed E-state index contributed by atoms with van der Waals surface area (Å²) in [7, 11) is 0. The van der Waals surface area contributed by atoms with E-state index in [1.165, 1.54) is 12.1 Å². The van der Waals surface area contributed by atoms with Crippen LogP contribution in [0.15, 0.2) is 67.3 Å². The summed E-state index contributed by atoms with van der Waals surface area (Å²) in [5.74, 6) is 0.788. The summed E-state index contributed by atoms with van der Waals surface area (Å²) in [6.45, 7) is 11.3. The zero-order valence-corrected chi connectivity index (χ0v) is 18.4. The van der Waals surface area contributed by atoms with Gasteiger partial charge in [0.15, 0.2) is 0 Å². The smallest absolute Gasteiger partial charge is 0.227 e. The number of rotatable bonds is 10. The Hall–Kier alpha value is -2.96. The molecule has 164 valence electrons. The number of hydrogen-bond acceptors (Lipinski definition) is 4. The SMILES string of the molecule is C=CC(C)(O)CN(CCC)Cc1c(C)nn(-c2ccccc2)c1Oc1ccc(F)cc1. The molecular weight excluding hydrogens is 393 g/mol. The van der Waals surface area contributed by atoms with Crippen molar-refractivity contribution in [1.82, 2.24) is 14.7 Å². The predicted octanol–water partition coefficient (Wildman–Crippen LogP) is 5.26. The van der Waals surface area contributed by atoms with Crippen molar-refractivity contribution in [2.75, 3.05) is 13.1 Å². The van der Waals surface area contributed by atoms with Gasteiger partial charge >= 0.3 is 0 Å². The third-order valence-corrected chi connectivity index (χ3v) is 5.07. The van der Waals surface area contributed by atoms with Crippen molar-refractivity contribution in [3.63, 3.8) is 0 Å². The van der Waals surface area contributed by atoms with Gasteiger partial charge in [-0.05, 0) is 63.2 Å². The molecule has 3 rings (SSSR count). The number of para-hydroxylation sites is 1. The van der Waals surface area contributed by atoms with E-state index in [1.807, 2.05) is 37.3 Å². The van der Waals surface area contributed by atoms with Gasteiger partial charge in [-0.15, -0.1) is 6.58 Å². The van der Waals surface area contributed by atoms with Gasteiger partial charge in [0.05, 0.1) is 22.5 Å². The van der Waals surface area contributed by atoms with Crippen molar-refractivity contribution < 1.29 is 14.2 Å². The summed E-state index contributed by atoms with van der Waals surface area (Å²) in [5, 5.41) is 15.3. The Balaban J connectivity index is 2.02. The maximum Gasteiger partial charge on any atom is 0.227 e. The molecule has 0 aliphatic carbocycles. The fraction of sp³-hybridized carbons (Fsp3) is 0.320. The third-order valence-electron chi connectivity index (χ3n) is 5.07. The van der Waals surface area contributed by atoms with E-state index in [1.54, 1.807) is 29.8 Å². The van der Waals surface area contributed by atoms with Crippen LogP contribution in [-0.4, -0.2) is 38.5 Å². The minimum absolute atomic E-state index is 0.318. The highest BCUT2D eigenvalue weighted by Gasteiger charge is 2.25. The monoisotopic (exact) mass is 423 g/mol. The van der Waals surface area contributed by atoms with E-state index in [9.17, 15) is 9.50 Å². The molecule has 0 amide bonds. The van der Waals surface area contributed by atoms with Gasteiger partial charge in [0.2, 0.25) is 5.88 Å². The zero-order chi connectivity index (χ0) is 22.4. The second kappa shape index (κ2) is 9.90. The van der Waals surface area contributed by atoms with Crippen LogP contribution in [-0.2, 0) is 6.54 Å². The fourth-order valence-electron chi connectivity index (χ4n) is 3.45. The van der Waals surface area contributed by atoms with Crippen molar-refractivity contribution in [2.24, 2.45) is 0 Å². The van der Waals surface area contributed by atoms with Crippen LogP contribution < -0.4 is 4.74 Å². The van der Waals surface area contributed by atoms with E-state index in [4.69, 9.17) is 9.84 Å². The minimum atomic E-state index is -1.00. The van der Waals surface area contributed by atoms with Crippen molar-refractivity contribution in [3.8, 4) is 17.3 Å². The van der Waals surface area contributed by atoms with Gasteiger partial charge in [-0.2, -0.15) is 5.10 Å². The summed E-state index contributed by atoms with van der Waals surface area (Å²) in [6.07, 6.45) is 2.50. The largest absolute Gasteiger partial charge is 0.439 e. The first-order valence-electron chi connectivity index (χ1n) is 10.5. The van der Waals surface area contributed by atoms with E-state index >= 15 is 0 Å². The van der Waals surface area contributed by atoms with Gasteiger partial charge in [0.25, 0.3) is 0 Å². The van der Waals surface area contributed by atoms with Crippen LogP contribution in [0.2, 0.25) is 0 Å². The topological polar surface area (TPSA) is 50.5 Å². The third kappa shape index (κ3) is 5.81. The Morgan fingerprint density at radius 2 is 1.87 bits per heavy atom. The summed E-state index contributed by atoms with van der Waals surface area (Å²) in [4.78, 5) is 2.17. The molecule has 0 aliphatic rings. The number of nitrogens with zero attached hydrogens (tertiary/aromatic N) is 3. The molecule has 0 radical (unpaired) electrons. The number of aromatic nitrogens is 2. The van der Waals surface area contributed by atoms with E-state index in [2.05, 4.69) is 18.4 Å². The van der Waals surface area contributed by atoms with Gasteiger partial charge in [-0.1, -0.05) is 31.2 Å². The van der Waals surface area contributed by atoms with Crippen LogP contribution in [0.25, 0.3) is 5.69 Å². The molecule has 31 heavy (non-hydrogen) atoms. The summed E-state index contributed by atoms with van der Waals surface area (Å²) in [5.41, 5.74) is 1.62. The summed E-state index contributed by atoms with van der Waals surface area (Å²) < 4.78 is 21.4. The molecule has 2 aromatic carbocycles. The van der Waals surface area contributed by atoms with Crippen molar-refractivity contribution in [2.45, 2.75) is 39.3 Å². The fourth-order valence-corrected chi connectivity index (χ4v) is 3.45. The molecule has 0 saturated heterocycles. The Bertz CT molecular complexity index is 998. The van der Waals surface area contributed by atoms with Crippen LogP contribution in [0.5, 0.6) is 11.6 Å². The Morgan fingerprint density at radius 1 is 1.19 bits per heavy atom. The van der Waals surface area contributed by atoms with Crippen LogP contribution in [0.4, 0.5) is 4.39 Å². The lowest BCUT2D eigenvalue weighted by Crippen LogP contribution is -2.39. The minimum Gasteiger partial charge on any atom is -0.439 e. The normalized spacial score (nSPS) is 13.2. The number of aryl methyl sites for hydroxylation is 1. The maximum atomic E-state index is 13.4. The van der Waals surface area contributed by atoms with Gasteiger partial charge in [-0.25, -0.2) is 9.07 Å². The van der Waals surface area contributed by atoms with Crippen LogP contribution in [0.3, 0.4) is 0 Å².